The zero-order chi connectivity index (χ0) is 31.4. The van der Waals surface area contributed by atoms with Crippen LogP contribution in [-0.2, 0) is 20.4 Å². The number of methoxy groups -OCH3 is 1. The van der Waals surface area contributed by atoms with Crippen LogP contribution < -0.4 is 9.47 Å². The average molecular weight is 697 g/mol. The molecule has 0 bridgehead atoms. The first-order chi connectivity index (χ1) is 21.7. The molecule has 0 aliphatic rings. The Morgan fingerprint density at radius 2 is 1.48 bits per heavy atom. The fourth-order valence-electron chi connectivity index (χ4n) is 6.44. The minimum atomic E-state index is 0. The monoisotopic (exact) mass is 696 g/mol. The van der Waals surface area contributed by atoms with Crippen LogP contribution in [0.5, 0.6) is 17.2 Å². The number of fused-ring (bicyclic) bond motifs is 3. The third kappa shape index (κ3) is 5.40. The van der Waals surface area contributed by atoms with Gasteiger partial charge in [-0.2, -0.15) is 16.7 Å². The Kier molecular flexibility index (Phi) is 8.33. The standard InChI is InChI=1S/C39H34N4O2.Pd/c1-23-14-15-40-37(18-23)42-35-11-9-8-10-33(35)34-13-12-30(22-36(34)42)45-32-17-24(2)16-29(21-32)43-28(6)39(27(5)41-43)38-25(3)19-31(44-7)20-26(38)4;/h8-20H,1-7H3;/q-2;+2. The summed E-state index contributed by atoms with van der Waals surface area (Å²) in [5.41, 5.74) is 11.6. The van der Waals surface area contributed by atoms with Gasteiger partial charge in [0.1, 0.15) is 11.6 Å². The molecule has 0 saturated heterocycles. The minimum absolute atomic E-state index is 0. The van der Waals surface area contributed by atoms with Gasteiger partial charge in [0.15, 0.2) is 0 Å². The molecule has 0 saturated carbocycles. The van der Waals surface area contributed by atoms with Gasteiger partial charge in [0.05, 0.1) is 12.8 Å². The number of aryl methyl sites for hydroxylation is 5. The normalized spacial score (nSPS) is 11.2. The number of aromatic nitrogens is 4. The summed E-state index contributed by atoms with van der Waals surface area (Å²) in [5.74, 6) is 2.91. The zero-order valence-electron chi connectivity index (χ0n) is 26.9. The topological polar surface area (TPSA) is 54.1 Å². The molecule has 4 aromatic carbocycles. The van der Waals surface area contributed by atoms with Crippen molar-refractivity contribution in [3.8, 4) is 39.9 Å². The van der Waals surface area contributed by atoms with Gasteiger partial charge in [0.2, 0.25) is 0 Å². The van der Waals surface area contributed by atoms with Gasteiger partial charge in [-0.3, -0.25) is 4.68 Å². The Bertz CT molecular complexity index is 2240. The fraction of sp³-hybridized carbons (Fsp3) is 0.179. The van der Waals surface area contributed by atoms with Gasteiger partial charge in [-0.15, -0.1) is 35.7 Å². The number of hydrogen-bond acceptors (Lipinski definition) is 4. The molecular formula is C39H34N4O2Pd. The van der Waals surface area contributed by atoms with E-state index in [-0.39, 0.29) is 20.4 Å². The van der Waals surface area contributed by atoms with Gasteiger partial charge in [0, 0.05) is 34.5 Å². The van der Waals surface area contributed by atoms with E-state index in [2.05, 4.69) is 113 Å². The summed E-state index contributed by atoms with van der Waals surface area (Å²) in [6.07, 6.45) is 1.84. The average Bonchev–Trinajstić information content (AvgIpc) is 3.49. The van der Waals surface area contributed by atoms with E-state index in [1.165, 1.54) is 5.56 Å². The van der Waals surface area contributed by atoms with Crippen molar-refractivity contribution >= 4 is 21.8 Å². The van der Waals surface area contributed by atoms with Crippen molar-refractivity contribution in [3.05, 3.63) is 125 Å². The second kappa shape index (κ2) is 12.2. The Hall–Kier alpha value is -4.70. The van der Waals surface area contributed by atoms with Crippen LogP contribution in [0.3, 0.4) is 0 Å². The van der Waals surface area contributed by atoms with Gasteiger partial charge in [-0.25, -0.2) is 4.98 Å². The molecule has 0 aliphatic carbocycles. The first kappa shape index (κ1) is 31.3. The van der Waals surface area contributed by atoms with Gasteiger partial charge in [-0.05, 0) is 98.3 Å². The maximum absolute atomic E-state index is 6.47. The molecule has 3 aromatic heterocycles. The maximum atomic E-state index is 6.47. The molecule has 0 amide bonds. The van der Waals surface area contributed by atoms with E-state index in [0.717, 1.165) is 78.3 Å². The molecule has 0 spiro atoms. The summed E-state index contributed by atoms with van der Waals surface area (Å²) in [4.78, 5) is 4.69. The van der Waals surface area contributed by atoms with E-state index >= 15 is 0 Å². The summed E-state index contributed by atoms with van der Waals surface area (Å²) < 4.78 is 16.1. The van der Waals surface area contributed by atoms with E-state index in [1.807, 2.05) is 29.1 Å². The molecule has 7 heteroatoms. The van der Waals surface area contributed by atoms with Crippen molar-refractivity contribution in [1.29, 1.82) is 0 Å². The van der Waals surface area contributed by atoms with Crippen LogP contribution in [0.4, 0.5) is 0 Å². The van der Waals surface area contributed by atoms with Gasteiger partial charge >= 0.3 is 20.4 Å². The number of pyridine rings is 1. The third-order valence-electron chi connectivity index (χ3n) is 8.39. The van der Waals surface area contributed by atoms with Crippen molar-refractivity contribution in [2.75, 3.05) is 7.11 Å². The van der Waals surface area contributed by atoms with Crippen molar-refractivity contribution in [3.63, 3.8) is 0 Å². The molecule has 232 valence electrons. The van der Waals surface area contributed by atoms with Crippen molar-refractivity contribution < 1.29 is 29.9 Å². The minimum Gasteiger partial charge on any atom is -0.509 e. The third-order valence-corrected chi connectivity index (χ3v) is 8.39. The zero-order valence-corrected chi connectivity index (χ0v) is 28.5. The Balaban J connectivity index is 0.00000372. The molecule has 0 radical (unpaired) electrons. The van der Waals surface area contributed by atoms with Gasteiger partial charge in [-0.1, -0.05) is 30.6 Å². The molecule has 7 rings (SSSR count). The predicted molar refractivity (Wildman–Crippen MR) is 180 cm³/mol. The number of ether oxygens (including phenoxy) is 2. The smallest absolute Gasteiger partial charge is 0.509 e. The largest absolute Gasteiger partial charge is 2.00 e. The molecule has 0 atom stereocenters. The summed E-state index contributed by atoms with van der Waals surface area (Å²) in [7, 11) is 1.70. The van der Waals surface area contributed by atoms with Crippen LogP contribution >= 0.6 is 0 Å². The summed E-state index contributed by atoms with van der Waals surface area (Å²) in [6.45, 7) is 12.5. The van der Waals surface area contributed by atoms with Crippen LogP contribution in [0.25, 0.3) is 44.4 Å². The maximum Gasteiger partial charge on any atom is 2.00 e. The fourth-order valence-corrected chi connectivity index (χ4v) is 6.44. The van der Waals surface area contributed by atoms with Crippen LogP contribution in [0.2, 0.25) is 0 Å². The Labute approximate surface area is 283 Å². The first-order valence-electron chi connectivity index (χ1n) is 15.0. The van der Waals surface area contributed by atoms with Gasteiger partial charge in [0.25, 0.3) is 0 Å². The summed E-state index contributed by atoms with van der Waals surface area (Å²) >= 11 is 0. The summed E-state index contributed by atoms with van der Waals surface area (Å²) in [5, 5.41) is 7.21. The number of hydrogen-bond donors (Lipinski definition) is 0. The van der Waals surface area contributed by atoms with Crippen molar-refractivity contribution in [1.82, 2.24) is 19.3 Å². The van der Waals surface area contributed by atoms with Gasteiger partial charge < -0.3 is 14.0 Å². The molecular weight excluding hydrogens is 663 g/mol. The van der Waals surface area contributed by atoms with E-state index in [1.54, 1.807) is 7.11 Å². The number of benzene rings is 4. The van der Waals surface area contributed by atoms with Crippen LogP contribution in [0, 0.1) is 53.7 Å². The van der Waals surface area contributed by atoms with E-state index in [0.29, 0.717) is 11.5 Å². The molecule has 0 N–H and O–H groups in total. The number of para-hydroxylation sites is 1. The first-order valence-corrected chi connectivity index (χ1v) is 15.0. The van der Waals surface area contributed by atoms with E-state index < -0.39 is 0 Å². The van der Waals surface area contributed by atoms with E-state index in [4.69, 9.17) is 19.6 Å². The number of rotatable bonds is 6. The molecule has 3 heterocycles. The number of nitrogens with zero attached hydrogens (tertiary/aromatic N) is 4. The van der Waals surface area contributed by atoms with Crippen molar-refractivity contribution in [2.24, 2.45) is 0 Å². The Morgan fingerprint density at radius 3 is 2.22 bits per heavy atom. The molecule has 0 unspecified atom stereocenters. The summed E-state index contributed by atoms with van der Waals surface area (Å²) in [6, 6.07) is 31.8. The predicted octanol–water partition coefficient (Wildman–Crippen LogP) is 9.28. The van der Waals surface area contributed by atoms with Crippen LogP contribution in [0.1, 0.15) is 33.6 Å². The molecule has 6 nitrogen and oxygen atoms in total. The quantitative estimate of drug-likeness (QED) is 0.129. The SMILES string of the molecule is COc1cc(C)c(-c2c(C)nn(-c3[c-]c(Oc4[c-]c5c(cc4)c4ccccc4n5-c4cc(C)ccn4)cc(C)c3)c2C)c(C)c1.[Pd+2]. The van der Waals surface area contributed by atoms with Crippen LogP contribution in [-0.4, -0.2) is 26.4 Å². The van der Waals surface area contributed by atoms with E-state index in [9.17, 15) is 0 Å². The molecule has 0 fully saturated rings. The molecule has 46 heavy (non-hydrogen) atoms. The second-order valence-electron chi connectivity index (χ2n) is 11.7. The van der Waals surface area contributed by atoms with Crippen LogP contribution in [0.15, 0.2) is 79.0 Å². The second-order valence-corrected chi connectivity index (χ2v) is 11.7. The Morgan fingerprint density at radius 1 is 0.717 bits per heavy atom. The molecule has 0 aliphatic heterocycles. The van der Waals surface area contributed by atoms with Crippen molar-refractivity contribution in [2.45, 2.75) is 41.5 Å². The molecule has 7 aromatic rings.